The Labute approximate surface area is 155 Å². The number of amides is 1. The highest BCUT2D eigenvalue weighted by atomic mass is 35.5. The highest BCUT2D eigenvalue weighted by Crippen LogP contribution is 2.49. The highest BCUT2D eigenvalue weighted by Gasteiger charge is 2.46. The molecule has 5 heteroatoms. The van der Waals surface area contributed by atoms with Crippen LogP contribution >= 0.6 is 24.0 Å². The Morgan fingerprint density at radius 3 is 2.62 bits per heavy atom. The highest BCUT2D eigenvalue weighted by molar-refractivity contribution is 6.30. The summed E-state index contributed by atoms with van der Waals surface area (Å²) in [7, 11) is 0. The summed E-state index contributed by atoms with van der Waals surface area (Å²) < 4.78 is 0. The largest absolute Gasteiger partial charge is 0.342 e. The number of nitrogens with one attached hydrogen (secondary N) is 1. The van der Waals surface area contributed by atoms with Gasteiger partial charge in [0.05, 0.1) is 0 Å². The van der Waals surface area contributed by atoms with Crippen molar-refractivity contribution in [1.29, 1.82) is 0 Å². The van der Waals surface area contributed by atoms with Crippen LogP contribution in [0.15, 0.2) is 24.3 Å². The fraction of sp³-hybridized carbons (Fsp3) is 0.632. The van der Waals surface area contributed by atoms with E-state index in [1.807, 2.05) is 18.2 Å². The zero-order chi connectivity index (χ0) is 15.8. The van der Waals surface area contributed by atoms with E-state index in [-0.39, 0.29) is 18.3 Å². The number of rotatable bonds is 5. The van der Waals surface area contributed by atoms with E-state index >= 15 is 0 Å². The maximum Gasteiger partial charge on any atom is 0.226 e. The molecule has 0 radical (unpaired) electrons. The Balaban J connectivity index is 0.00000169. The molecule has 132 valence electrons. The Morgan fingerprint density at radius 1 is 1.21 bits per heavy atom. The molecule has 1 N–H and O–H groups in total. The fourth-order valence-electron chi connectivity index (χ4n) is 3.77. The van der Waals surface area contributed by atoms with Crippen LogP contribution < -0.4 is 5.32 Å². The first-order chi connectivity index (χ1) is 11.2. The van der Waals surface area contributed by atoms with Gasteiger partial charge in [0, 0.05) is 30.1 Å². The van der Waals surface area contributed by atoms with E-state index in [0.717, 1.165) is 43.3 Å². The number of hydrogen-bond donors (Lipinski definition) is 1. The minimum Gasteiger partial charge on any atom is -0.342 e. The van der Waals surface area contributed by atoms with Crippen LogP contribution in [0, 0.1) is 11.8 Å². The quantitative estimate of drug-likeness (QED) is 0.855. The summed E-state index contributed by atoms with van der Waals surface area (Å²) in [6.45, 7) is 3.01. The minimum atomic E-state index is 0. The Hall–Kier alpha value is -0.770. The molecule has 3 fully saturated rings. The van der Waals surface area contributed by atoms with Gasteiger partial charge >= 0.3 is 0 Å². The molecule has 4 rings (SSSR count). The zero-order valence-electron chi connectivity index (χ0n) is 13.9. The lowest BCUT2D eigenvalue weighted by Gasteiger charge is -2.33. The van der Waals surface area contributed by atoms with Crippen LogP contribution in [0.4, 0.5) is 0 Å². The Bertz CT molecular complexity index is 582. The molecular formula is C19H26Cl2N2O. The third kappa shape index (κ3) is 4.25. The maximum absolute atomic E-state index is 12.7. The first-order valence-corrected chi connectivity index (χ1v) is 9.36. The molecule has 2 saturated carbocycles. The van der Waals surface area contributed by atoms with Crippen LogP contribution in [0.5, 0.6) is 0 Å². The molecule has 1 heterocycles. The summed E-state index contributed by atoms with van der Waals surface area (Å²) in [5.74, 6) is 1.85. The number of halogens is 2. The number of carbonyl (C=O) groups excluding carboxylic acids is 1. The molecule has 2 unspecified atom stereocenters. The third-order valence-electron chi connectivity index (χ3n) is 5.58. The summed E-state index contributed by atoms with van der Waals surface area (Å²) >= 11 is 6.06. The second kappa shape index (κ2) is 7.63. The smallest absolute Gasteiger partial charge is 0.226 e. The van der Waals surface area contributed by atoms with Gasteiger partial charge in [-0.25, -0.2) is 0 Å². The second-order valence-corrected chi connectivity index (χ2v) is 7.89. The SMILES string of the molecule is Cl.O=C(C1CC1c1cccc(Cl)c1)N1CCC(NCC2CC2)CC1. The molecule has 1 aliphatic heterocycles. The van der Waals surface area contributed by atoms with Gasteiger partial charge in [0.1, 0.15) is 0 Å². The molecule has 24 heavy (non-hydrogen) atoms. The molecule has 2 aliphatic carbocycles. The van der Waals surface area contributed by atoms with Crippen molar-refractivity contribution in [3.63, 3.8) is 0 Å². The van der Waals surface area contributed by atoms with Gasteiger partial charge in [-0.3, -0.25) is 4.79 Å². The summed E-state index contributed by atoms with van der Waals surface area (Å²) in [5, 5.41) is 4.44. The topological polar surface area (TPSA) is 32.3 Å². The maximum atomic E-state index is 12.7. The van der Waals surface area contributed by atoms with E-state index < -0.39 is 0 Å². The van der Waals surface area contributed by atoms with E-state index in [9.17, 15) is 4.79 Å². The molecule has 0 spiro atoms. The molecule has 1 saturated heterocycles. The van der Waals surface area contributed by atoms with Crippen molar-refractivity contribution in [3.8, 4) is 0 Å². The predicted molar refractivity (Wildman–Crippen MR) is 99.9 cm³/mol. The van der Waals surface area contributed by atoms with Crippen molar-refractivity contribution in [3.05, 3.63) is 34.9 Å². The Kier molecular flexibility index (Phi) is 5.74. The summed E-state index contributed by atoms with van der Waals surface area (Å²) in [6.07, 6.45) is 5.99. The van der Waals surface area contributed by atoms with E-state index in [2.05, 4.69) is 16.3 Å². The molecule has 1 aromatic carbocycles. The zero-order valence-corrected chi connectivity index (χ0v) is 15.5. The summed E-state index contributed by atoms with van der Waals surface area (Å²) in [5.41, 5.74) is 1.22. The molecule has 2 atom stereocenters. The van der Waals surface area contributed by atoms with Gasteiger partial charge in [0.15, 0.2) is 0 Å². The van der Waals surface area contributed by atoms with Gasteiger partial charge in [-0.15, -0.1) is 12.4 Å². The van der Waals surface area contributed by atoms with E-state index in [1.165, 1.54) is 24.9 Å². The number of hydrogen-bond acceptors (Lipinski definition) is 2. The van der Waals surface area contributed by atoms with Crippen LogP contribution in [0.3, 0.4) is 0 Å². The van der Waals surface area contributed by atoms with Gasteiger partial charge < -0.3 is 10.2 Å². The molecule has 3 nitrogen and oxygen atoms in total. The number of benzene rings is 1. The number of nitrogens with zero attached hydrogens (tertiary/aromatic N) is 1. The fourth-order valence-corrected chi connectivity index (χ4v) is 3.97. The van der Waals surface area contributed by atoms with Crippen molar-refractivity contribution in [2.24, 2.45) is 11.8 Å². The lowest BCUT2D eigenvalue weighted by atomic mass is 10.0. The van der Waals surface area contributed by atoms with Crippen LogP contribution in [0.2, 0.25) is 5.02 Å². The van der Waals surface area contributed by atoms with Gasteiger partial charge in [0.2, 0.25) is 5.91 Å². The predicted octanol–water partition coefficient (Wildman–Crippen LogP) is 3.86. The first kappa shape index (κ1) is 18.0. The molecular weight excluding hydrogens is 343 g/mol. The first-order valence-electron chi connectivity index (χ1n) is 8.98. The van der Waals surface area contributed by atoms with E-state index in [1.54, 1.807) is 0 Å². The standard InChI is InChI=1S/C19H25ClN2O.ClH/c20-15-3-1-2-14(10-15)17-11-18(17)19(23)22-8-6-16(7-9-22)21-12-13-4-5-13;/h1-3,10,13,16-18,21H,4-9,11-12H2;1H. The lowest BCUT2D eigenvalue weighted by molar-refractivity contribution is -0.133. The van der Waals surface area contributed by atoms with Crippen LogP contribution in [0.1, 0.15) is 43.6 Å². The van der Waals surface area contributed by atoms with Crippen molar-refractivity contribution in [2.45, 2.75) is 44.1 Å². The van der Waals surface area contributed by atoms with Gasteiger partial charge in [-0.2, -0.15) is 0 Å². The normalized spacial score (nSPS) is 26.8. The monoisotopic (exact) mass is 368 g/mol. The van der Waals surface area contributed by atoms with Crippen molar-refractivity contribution in [2.75, 3.05) is 19.6 Å². The molecule has 0 bridgehead atoms. The van der Waals surface area contributed by atoms with Crippen LogP contribution in [-0.4, -0.2) is 36.5 Å². The Morgan fingerprint density at radius 2 is 1.96 bits per heavy atom. The molecule has 1 amide bonds. The van der Waals surface area contributed by atoms with Crippen molar-refractivity contribution >= 4 is 29.9 Å². The average molecular weight is 369 g/mol. The van der Waals surface area contributed by atoms with E-state index in [4.69, 9.17) is 11.6 Å². The van der Waals surface area contributed by atoms with Gasteiger partial charge in [-0.05, 0) is 68.2 Å². The summed E-state index contributed by atoms with van der Waals surface area (Å²) in [6, 6.07) is 8.59. The third-order valence-corrected chi connectivity index (χ3v) is 5.82. The lowest BCUT2D eigenvalue weighted by Crippen LogP contribution is -2.46. The number of likely N-dealkylation sites (tertiary alicyclic amines) is 1. The summed E-state index contributed by atoms with van der Waals surface area (Å²) in [4.78, 5) is 14.8. The number of carbonyl (C=O) groups is 1. The van der Waals surface area contributed by atoms with Gasteiger partial charge in [0.25, 0.3) is 0 Å². The second-order valence-electron chi connectivity index (χ2n) is 7.45. The van der Waals surface area contributed by atoms with Crippen LogP contribution in [-0.2, 0) is 4.79 Å². The van der Waals surface area contributed by atoms with Gasteiger partial charge in [-0.1, -0.05) is 23.7 Å². The molecule has 1 aromatic rings. The number of piperidine rings is 1. The molecule has 3 aliphatic rings. The van der Waals surface area contributed by atoms with Crippen LogP contribution in [0.25, 0.3) is 0 Å². The molecule has 0 aromatic heterocycles. The van der Waals surface area contributed by atoms with Crippen molar-refractivity contribution in [1.82, 2.24) is 10.2 Å². The average Bonchev–Trinajstić information content (AvgIpc) is 3.47. The van der Waals surface area contributed by atoms with E-state index in [0.29, 0.717) is 17.9 Å². The minimum absolute atomic E-state index is 0. The van der Waals surface area contributed by atoms with Crippen molar-refractivity contribution < 1.29 is 4.79 Å².